The number of amides is 1. The SMILES string of the molecule is COc1ccc(C2/C(=C(\O)c3cc(Cl)c(OC)cc3OC)C(=O)C(=O)N2c2cccc(F)c2)cc1. The van der Waals surface area contributed by atoms with E-state index in [1.165, 1.54) is 51.7 Å². The van der Waals surface area contributed by atoms with Crippen molar-refractivity contribution in [2.45, 2.75) is 6.04 Å². The fraction of sp³-hybridized carbons (Fsp3) is 0.154. The van der Waals surface area contributed by atoms with Gasteiger partial charge in [0.25, 0.3) is 11.7 Å². The molecule has 0 radical (unpaired) electrons. The average Bonchev–Trinajstić information content (AvgIpc) is 3.13. The molecule has 1 unspecified atom stereocenters. The summed E-state index contributed by atoms with van der Waals surface area (Å²) in [4.78, 5) is 27.6. The van der Waals surface area contributed by atoms with Gasteiger partial charge in [0.15, 0.2) is 0 Å². The second kappa shape index (κ2) is 9.68. The van der Waals surface area contributed by atoms with Crippen molar-refractivity contribution in [3.05, 3.63) is 88.2 Å². The molecule has 4 rings (SSSR count). The van der Waals surface area contributed by atoms with Gasteiger partial charge in [-0.3, -0.25) is 14.5 Å². The van der Waals surface area contributed by atoms with Crippen molar-refractivity contribution in [1.82, 2.24) is 0 Å². The second-order valence-corrected chi connectivity index (χ2v) is 8.02. The van der Waals surface area contributed by atoms with E-state index in [-0.39, 0.29) is 27.6 Å². The molecule has 3 aromatic carbocycles. The number of aliphatic hydroxyl groups excluding tert-OH is 1. The van der Waals surface area contributed by atoms with Gasteiger partial charge in [-0.05, 0) is 42.0 Å². The molecule has 1 aliphatic rings. The number of ether oxygens (including phenoxy) is 3. The lowest BCUT2D eigenvalue weighted by molar-refractivity contribution is -0.132. The van der Waals surface area contributed by atoms with Crippen LogP contribution in [0, 0.1) is 5.82 Å². The number of halogens is 2. The number of anilines is 1. The molecule has 0 bridgehead atoms. The van der Waals surface area contributed by atoms with Crippen LogP contribution in [0.25, 0.3) is 5.76 Å². The van der Waals surface area contributed by atoms with Gasteiger partial charge in [-0.25, -0.2) is 4.39 Å². The standard InChI is InChI=1S/C26H21ClFNO6/c1-33-17-9-7-14(8-10-17)23-22(24(30)18-12-19(27)21(35-3)13-20(18)34-2)25(31)26(32)29(23)16-6-4-5-15(28)11-16/h4-13,23,30H,1-3H3/b24-22+. The fourth-order valence-corrected chi connectivity index (χ4v) is 4.26. The Kier molecular flexibility index (Phi) is 6.66. The number of hydrogen-bond donors (Lipinski definition) is 1. The van der Waals surface area contributed by atoms with Gasteiger partial charge in [0.05, 0.1) is 43.5 Å². The zero-order valence-corrected chi connectivity index (χ0v) is 19.8. The molecule has 1 heterocycles. The lowest BCUT2D eigenvalue weighted by Gasteiger charge is -2.25. The molecule has 1 saturated heterocycles. The number of aliphatic hydroxyl groups is 1. The number of Topliss-reactive ketones (excluding diaryl/α,β-unsaturated/α-hetero) is 1. The Morgan fingerprint density at radius 3 is 2.23 bits per heavy atom. The molecule has 0 aromatic heterocycles. The van der Waals surface area contributed by atoms with E-state index < -0.39 is 29.3 Å². The molecule has 0 spiro atoms. The molecule has 3 aromatic rings. The molecule has 1 atom stereocenters. The maximum absolute atomic E-state index is 14.1. The molecule has 1 amide bonds. The summed E-state index contributed by atoms with van der Waals surface area (Å²) in [7, 11) is 4.31. The Bertz CT molecular complexity index is 1340. The third kappa shape index (κ3) is 4.28. The normalized spacial score (nSPS) is 16.9. The van der Waals surface area contributed by atoms with Crippen molar-refractivity contribution in [3.63, 3.8) is 0 Å². The first-order chi connectivity index (χ1) is 16.8. The summed E-state index contributed by atoms with van der Waals surface area (Å²) in [5.41, 5.74) is 0.541. The Hall–Kier alpha value is -4.04. The molecule has 1 fully saturated rings. The summed E-state index contributed by atoms with van der Waals surface area (Å²) in [6.45, 7) is 0. The van der Waals surface area contributed by atoms with Crippen LogP contribution < -0.4 is 19.1 Å². The van der Waals surface area contributed by atoms with Crippen LogP contribution in [-0.2, 0) is 9.59 Å². The highest BCUT2D eigenvalue weighted by Gasteiger charge is 2.47. The van der Waals surface area contributed by atoms with Crippen molar-refractivity contribution in [2.75, 3.05) is 26.2 Å². The number of benzene rings is 3. The van der Waals surface area contributed by atoms with Crippen LogP contribution in [0.4, 0.5) is 10.1 Å². The summed E-state index contributed by atoms with van der Waals surface area (Å²) in [6.07, 6.45) is 0. The van der Waals surface area contributed by atoms with Crippen LogP contribution in [-0.4, -0.2) is 38.1 Å². The molecule has 0 aliphatic carbocycles. The quantitative estimate of drug-likeness (QED) is 0.289. The van der Waals surface area contributed by atoms with Crippen LogP contribution in [0.5, 0.6) is 17.2 Å². The predicted molar refractivity (Wildman–Crippen MR) is 129 cm³/mol. The summed E-state index contributed by atoms with van der Waals surface area (Å²) in [5.74, 6) is -1.91. The minimum absolute atomic E-state index is 0.0917. The molecule has 9 heteroatoms. The highest BCUT2D eigenvalue weighted by Crippen LogP contribution is 2.45. The third-order valence-corrected chi connectivity index (χ3v) is 5.99. The maximum Gasteiger partial charge on any atom is 0.300 e. The Labute approximate surface area is 205 Å². The number of nitrogens with zero attached hydrogens (tertiary/aromatic N) is 1. The first kappa shape index (κ1) is 24.1. The molecule has 0 saturated carbocycles. The van der Waals surface area contributed by atoms with E-state index in [1.54, 1.807) is 24.3 Å². The fourth-order valence-electron chi connectivity index (χ4n) is 4.02. The van der Waals surface area contributed by atoms with Crippen LogP contribution in [0.2, 0.25) is 5.02 Å². The minimum Gasteiger partial charge on any atom is -0.507 e. The van der Waals surface area contributed by atoms with Gasteiger partial charge < -0.3 is 19.3 Å². The van der Waals surface area contributed by atoms with Gasteiger partial charge in [-0.2, -0.15) is 0 Å². The zero-order chi connectivity index (χ0) is 25.3. The third-order valence-electron chi connectivity index (χ3n) is 5.69. The molecule has 1 N–H and O–H groups in total. The van der Waals surface area contributed by atoms with Crippen LogP contribution in [0.3, 0.4) is 0 Å². The average molecular weight is 498 g/mol. The predicted octanol–water partition coefficient (Wildman–Crippen LogP) is 5.13. The summed E-state index contributed by atoms with van der Waals surface area (Å²) in [6, 6.07) is 13.7. The van der Waals surface area contributed by atoms with Crippen LogP contribution >= 0.6 is 11.6 Å². The van der Waals surface area contributed by atoms with Crippen molar-refractivity contribution in [1.29, 1.82) is 0 Å². The van der Waals surface area contributed by atoms with Gasteiger partial charge in [0, 0.05) is 11.8 Å². The van der Waals surface area contributed by atoms with Crippen molar-refractivity contribution in [3.8, 4) is 17.2 Å². The number of rotatable bonds is 6. The smallest absolute Gasteiger partial charge is 0.300 e. The van der Waals surface area contributed by atoms with Crippen LogP contribution in [0.1, 0.15) is 17.2 Å². The first-order valence-corrected chi connectivity index (χ1v) is 10.8. The number of hydrogen-bond acceptors (Lipinski definition) is 6. The highest BCUT2D eigenvalue weighted by molar-refractivity contribution is 6.51. The number of methoxy groups -OCH3 is 3. The number of carbonyl (C=O) groups excluding carboxylic acids is 2. The van der Waals surface area contributed by atoms with E-state index in [2.05, 4.69) is 0 Å². The second-order valence-electron chi connectivity index (χ2n) is 7.61. The van der Waals surface area contributed by atoms with Gasteiger partial charge >= 0.3 is 0 Å². The highest BCUT2D eigenvalue weighted by atomic mass is 35.5. The number of ketones is 1. The van der Waals surface area contributed by atoms with Gasteiger partial charge in [0.1, 0.15) is 28.8 Å². The lowest BCUT2D eigenvalue weighted by atomic mass is 9.94. The molecule has 1 aliphatic heterocycles. The van der Waals surface area contributed by atoms with Gasteiger partial charge in [0.2, 0.25) is 0 Å². The Balaban J connectivity index is 1.98. The molecule has 7 nitrogen and oxygen atoms in total. The van der Waals surface area contributed by atoms with Gasteiger partial charge in [-0.15, -0.1) is 0 Å². The van der Waals surface area contributed by atoms with E-state index >= 15 is 0 Å². The molecular formula is C26H21ClFNO6. The van der Waals surface area contributed by atoms with E-state index in [4.69, 9.17) is 25.8 Å². The molecule has 35 heavy (non-hydrogen) atoms. The summed E-state index contributed by atoms with van der Waals surface area (Å²) < 4.78 is 29.8. The molecular weight excluding hydrogens is 477 g/mol. The zero-order valence-electron chi connectivity index (χ0n) is 19.0. The maximum atomic E-state index is 14.1. The van der Waals surface area contributed by atoms with E-state index in [1.807, 2.05) is 0 Å². The molecule has 180 valence electrons. The van der Waals surface area contributed by atoms with E-state index in [0.29, 0.717) is 17.1 Å². The topological polar surface area (TPSA) is 85.3 Å². The lowest BCUT2D eigenvalue weighted by Crippen LogP contribution is -2.29. The summed E-state index contributed by atoms with van der Waals surface area (Å²) in [5, 5.41) is 11.5. The Morgan fingerprint density at radius 2 is 1.63 bits per heavy atom. The van der Waals surface area contributed by atoms with Crippen molar-refractivity contribution in [2.24, 2.45) is 0 Å². The van der Waals surface area contributed by atoms with E-state index in [9.17, 15) is 19.1 Å². The Morgan fingerprint density at radius 1 is 0.943 bits per heavy atom. The van der Waals surface area contributed by atoms with Crippen molar-refractivity contribution >= 4 is 34.7 Å². The number of carbonyl (C=O) groups is 2. The first-order valence-electron chi connectivity index (χ1n) is 10.4. The van der Waals surface area contributed by atoms with Gasteiger partial charge in [-0.1, -0.05) is 29.8 Å². The largest absolute Gasteiger partial charge is 0.507 e. The monoisotopic (exact) mass is 497 g/mol. The van der Waals surface area contributed by atoms with Crippen molar-refractivity contribution < 1.29 is 33.3 Å². The van der Waals surface area contributed by atoms with E-state index in [0.717, 1.165) is 11.0 Å². The minimum atomic E-state index is -1.06. The van der Waals surface area contributed by atoms with Crippen LogP contribution in [0.15, 0.2) is 66.2 Å². The summed E-state index contributed by atoms with van der Waals surface area (Å²) >= 11 is 6.27.